The third kappa shape index (κ3) is 6.56. The number of ether oxygens (including phenoxy) is 2. The minimum absolute atomic E-state index is 0. The molecule has 5 rings (SSSR count). The molecule has 7 heteroatoms. The van der Waals surface area contributed by atoms with Crippen LogP contribution in [-0.4, -0.2) is 25.2 Å². The van der Waals surface area contributed by atoms with Gasteiger partial charge in [0.1, 0.15) is 5.76 Å². The molecule has 0 aliphatic carbocycles. The van der Waals surface area contributed by atoms with Crippen molar-refractivity contribution in [3.05, 3.63) is 126 Å². The molecule has 208 valence electrons. The number of allylic oxidation sites excluding steroid dienone is 2. The van der Waals surface area contributed by atoms with E-state index in [-0.39, 0.29) is 30.3 Å². The molecule has 0 spiro atoms. The summed E-state index contributed by atoms with van der Waals surface area (Å²) in [7, 11) is 0. The first-order valence-electron chi connectivity index (χ1n) is 13.1. The van der Waals surface area contributed by atoms with Gasteiger partial charge in [-0.25, -0.2) is 21.7 Å². The van der Waals surface area contributed by atoms with Crippen LogP contribution in [0.15, 0.2) is 124 Å². The summed E-state index contributed by atoms with van der Waals surface area (Å²) in [5.74, 6) is -1.23. The number of carbonyl (C=O) groups is 2. The Kier molecular flexibility index (Phi) is 10.9. The van der Waals surface area contributed by atoms with Crippen LogP contribution >= 0.6 is 0 Å². The number of nitrogens with zero attached hydrogens (tertiary/aromatic N) is 1. The first-order chi connectivity index (χ1) is 19.0. The smallest absolute Gasteiger partial charge is 0.468 e. The van der Waals surface area contributed by atoms with Crippen LogP contribution in [0.5, 0.6) is 0 Å². The van der Waals surface area contributed by atoms with E-state index in [2.05, 4.69) is 12.1 Å². The topological polar surface area (TPSA) is 69.0 Å². The van der Waals surface area contributed by atoms with E-state index in [0.717, 1.165) is 16.8 Å². The predicted octanol–water partition coefficient (Wildman–Crippen LogP) is 7.35. The second-order valence-corrected chi connectivity index (χ2v) is 8.91. The second-order valence-electron chi connectivity index (χ2n) is 8.91. The van der Waals surface area contributed by atoms with Crippen LogP contribution in [0.3, 0.4) is 0 Å². The first-order valence-corrected chi connectivity index (χ1v) is 13.1. The Labute approximate surface area is 246 Å². The largest absolute Gasteiger partial charge is 2.00 e. The fourth-order valence-corrected chi connectivity index (χ4v) is 4.82. The molecule has 4 aromatic rings. The van der Waals surface area contributed by atoms with Gasteiger partial charge in [-0.2, -0.15) is 30.3 Å². The maximum Gasteiger partial charge on any atom is 2.00 e. The summed E-state index contributed by atoms with van der Waals surface area (Å²) in [6, 6.07) is 29.6. The van der Waals surface area contributed by atoms with Crippen LogP contribution in [-0.2, 0) is 36.1 Å². The Morgan fingerprint density at radius 2 is 1.40 bits per heavy atom. The standard InChI is InChI=1S/C28H28NO5.C5H5.Fe/c1-5-32-27(30)24-18(3)29(22-15-13-21(14-16-22)20-10-7-8-11-20)19(4)25(28(31)33-6-2)26(24)23-12-9-17-34-23;1-2-4-5-3-1;/h7-17,26H,5-6H2,1-4H3;1-5H;/q2*-1;+2. The average Bonchev–Trinajstić information content (AvgIpc) is 3.74. The van der Waals surface area contributed by atoms with E-state index < -0.39 is 17.9 Å². The molecule has 2 heterocycles. The summed E-state index contributed by atoms with van der Waals surface area (Å²) >= 11 is 0. The minimum Gasteiger partial charge on any atom is -0.468 e. The molecule has 0 unspecified atom stereocenters. The number of esters is 2. The van der Waals surface area contributed by atoms with Crippen LogP contribution in [0.1, 0.15) is 39.4 Å². The quantitative estimate of drug-likeness (QED) is 0.130. The normalized spacial score (nSPS) is 13.3. The molecule has 0 saturated carbocycles. The van der Waals surface area contributed by atoms with E-state index in [1.165, 1.54) is 6.26 Å². The fourth-order valence-electron chi connectivity index (χ4n) is 4.82. The minimum atomic E-state index is -0.729. The number of rotatable bonds is 7. The summed E-state index contributed by atoms with van der Waals surface area (Å²) in [4.78, 5) is 28.3. The molecule has 0 amide bonds. The van der Waals surface area contributed by atoms with Gasteiger partial charge < -0.3 is 18.8 Å². The Balaban J connectivity index is 0.000000662. The third-order valence-corrected chi connectivity index (χ3v) is 6.52. The van der Waals surface area contributed by atoms with E-state index in [1.54, 1.807) is 26.0 Å². The summed E-state index contributed by atoms with van der Waals surface area (Å²) in [5.41, 5.74) is 5.08. The number of hydrogen-bond acceptors (Lipinski definition) is 6. The average molecular weight is 579 g/mol. The van der Waals surface area contributed by atoms with Gasteiger partial charge in [-0.1, -0.05) is 17.7 Å². The molecule has 0 radical (unpaired) electrons. The Morgan fingerprint density at radius 3 is 1.82 bits per heavy atom. The number of carbonyl (C=O) groups excluding carboxylic acids is 2. The van der Waals surface area contributed by atoms with E-state index in [1.807, 2.05) is 85.5 Å². The van der Waals surface area contributed by atoms with Crippen molar-refractivity contribution in [1.82, 2.24) is 0 Å². The van der Waals surface area contributed by atoms with Gasteiger partial charge in [-0.15, -0.1) is 29.8 Å². The Bertz CT molecular complexity index is 1350. The van der Waals surface area contributed by atoms with Crippen molar-refractivity contribution in [3.8, 4) is 11.1 Å². The van der Waals surface area contributed by atoms with Gasteiger partial charge in [0.25, 0.3) is 0 Å². The third-order valence-electron chi connectivity index (χ3n) is 6.52. The van der Waals surface area contributed by atoms with Crippen LogP contribution in [0.4, 0.5) is 5.69 Å². The summed E-state index contributed by atoms with van der Waals surface area (Å²) in [6.07, 6.45) is 1.53. The van der Waals surface area contributed by atoms with Crippen molar-refractivity contribution in [1.29, 1.82) is 0 Å². The molecule has 1 aliphatic rings. The van der Waals surface area contributed by atoms with Crippen molar-refractivity contribution < 1.29 is 40.5 Å². The maximum absolute atomic E-state index is 13.2. The molecular weight excluding hydrogens is 546 g/mol. The van der Waals surface area contributed by atoms with Gasteiger partial charge >= 0.3 is 29.0 Å². The zero-order chi connectivity index (χ0) is 27.8. The zero-order valence-corrected chi connectivity index (χ0v) is 24.2. The number of anilines is 1. The molecule has 0 N–H and O–H groups in total. The SMILES string of the molecule is CCOC(=O)C1=C(C)N(c2ccc(-[c-]3cccc3)cc2)C(C)=C(C(=O)OCC)C1c1ccco1.[Fe+2].c1cc[cH-]c1. The molecule has 40 heavy (non-hydrogen) atoms. The summed E-state index contributed by atoms with van der Waals surface area (Å²) in [5, 5.41) is 0. The molecule has 1 aliphatic heterocycles. The number of furan rings is 1. The van der Waals surface area contributed by atoms with Crippen molar-refractivity contribution in [2.75, 3.05) is 18.1 Å². The summed E-state index contributed by atoms with van der Waals surface area (Å²) < 4.78 is 16.5. The molecule has 0 fully saturated rings. The van der Waals surface area contributed by atoms with E-state index in [9.17, 15) is 9.59 Å². The molecule has 0 atom stereocenters. The van der Waals surface area contributed by atoms with Crippen molar-refractivity contribution in [2.24, 2.45) is 0 Å². The van der Waals surface area contributed by atoms with Crippen molar-refractivity contribution in [2.45, 2.75) is 33.6 Å². The molecule has 3 aromatic carbocycles. The van der Waals surface area contributed by atoms with Crippen molar-refractivity contribution >= 4 is 17.6 Å². The van der Waals surface area contributed by atoms with Gasteiger partial charge in [0, 0.05) is 17.1 Å². The van der Waals surface area contributed by atoms with Gasteiger partial charge in [-0.3, -0.25) is 0 Å². The molecule has 0 saturated heterocycles. The maximum atomic E-state index is 13.2. The predicted molar refractivity (Wildman–Crippen MR) is 152 cm³/mol. The van der Waals surface area contributed by atoms with Crippen LogP contribution in [0, 0.1) is 0 Å². The van der Waals surface area contributed by atoms with Crippen LogP contribution in [0.2, 0.25) is 0 Å². The number of benzene rings is 1. The van der Waals surface area contributed by atoms with E-state index in [0.29, 0.717) is 28.3 Å². The molecule has 1 aromatic heterocycles. The monoisotopic (exact) mass is 579 g/mol. The molecular formula is C33H33FeNO5. The van der Waals surface area contributed by atoms with Crippen molar-refractivity contribution in [3.63, 3.8) is 0 Å². The first kappa shape index (κ1) is 30.5. The van der Waals surface area contributed by atoms with Gasteiger partial charge in [-0.05, 0) is 39.8 Å². The van der Waals surface area contributed by atoms with Gasteiger partial charge in [0.2, 0.25) is 0 Å². The van der Waals surface area contributed by atoms with Gasteiger partial charge in [0.05, 0.1) is 36.5 Å². The Morgan fingerprint density at radius 1 is 0.850 bits per heavy atom. The Hall–Kier alpha value is -4.06. The van der Waals surface area contributed by atoms with Crippen LogP contribution in [0.25, 0.3) is 11.1 Å². The molecule has 0 bridgehead atoms. The van der Waals surface area contributed by atoms with E-state index >= 15 is 0 Å². The van der Waals surface area contributed by atoms with Gasteiger partial charge in [0.15, 0.2) is 0 Å². The van der Waals surface area contributed by atoms with Crippen LogP contribution < -0.4 is 4.90 Å². The fraction of sp³-hybridized carbons (Fsp3) is 0.212. The second kappa shape index (κ2) is 14.4. The molecule has 6 nitrogen and oxygen atoms in total. The van der Waals surface area contributed by atoms with E-state index in [4.69, 9.17) is 13.9 Å². The zero-order valence-electron chi connectivity index (χ0n) is 23.1. The summed E-state index contributed by atoms with van der Waals surface area (Å²) in [6.45, 7) is 7.66. The number of hydrogen-bond donors (Lipinski definition) is 0.